The number of benzene rings is 2. The van der Waals surface area contributed by atoms with Crippen LogP contribution in [0.1, 0.15) is 27.7 Å². The lowest BCUT2D eigenvalue weighted by Crippen LogP contribution is -2.22. The van der Waals surface area contributed by atoms with Crippen molar-refractivity contribution in [3.8, 4) is 0 Å². The third kappa shape index (κ3) is 3.31. The number of anilines is 1. The normalized spacial score (nSPS) is 11.9. The summed E-state index contributed by atoms with van der Waals surface area (Å²) in [7, 11) is 1.87. The number of rotatable bonds is 5. The maximum absolute atomic E-state index is 13.0. The minimum Gasteiger partial charge on any atom is -0.356 e. The van der Waals surface area contributed by atoms with Crippen LogP contribution in [0.15, 0.2) is 66.7 Å². The van der Waals surface area contributed by atoms with Gasteiger partial charge in [0.15, 0.2) is 5.78 Å². The zero-order valence-corrected chi connectivity index (χ0v) is 13.2. The molecule has 0 aliphatic carbocycles. The molecule has 0 aliphatic rings. The Labute approximate surface area is 135 Å². The fourth-order valence-corrected chi connectivity index (χ4v) is 2.61. The first-order chi connectivity index (χ1) is 11.1. The Hall–Kier alpha value is -2.88. The number of carbonyl (C=O) groups is 1. The first kappa shape index (κ1) is 15.0. The number of hydrogen-bond acceptors (Lipinski definition) is 3. The summed E-state index contributed by atoms with van der Waals surface area (Å²) >= 11 is 0. The molecule has 116 valence electrons. The van der Waals surface area contributed by atoms with E-state index in [1.54, 1.807) is 4.68 Å². The first-order valence-electron chi connectivity index (χ1n) is 7.56. The summed E-state index contributed by atoms with van der Waals surface area (Å²) in [5.74, 6) is 0.858. The van der Waals surface area contributed by atoms with Crippen molar-refractivity contribution in [3.63, 3.8) is 0 Å². The molecule has 0 saturated carbocycles. The van der Waals surface area contributed by atoms with Crippen molar-refractivity contribution >= 4 is 11.6 Å². The number of aryl methyl sites for hydroxylation is 2. The molecule has 4 heteroatoms. The van der Waals surface area contributed by atoms with E-state index in [0.717, 1.165) is 17.1 Å². The topological polar surface area (TPSA) is 46.9 Å². The maximum atomic E-state index is 13.0. The molecule has 1 heterocycles. The van der Waals surface area contributed by atoms with Crippen LogP contribution in [-0.4, -0.2) is 15.6 Å². The summed E-state index contributed by atoms with van der Waals surface area (Å²) in [6.07, 6.45) is 0. The number of nitrogens with one attached hydrogen (secondary N) is 1. The number of aromatic nitrogens is 2. The molecule has 0 bridgehead atoms. The van der Waals surface area contributed by atoms with Crippen LogP contribution >= 0.6 is 0 Å². The molecular weight excluding hydrogens is 286 g/mol. The van der Waals surface area contributed by atoms with Gasteiger partial charge < -0.3 is 5.32 Å². The molecule has 2 aromatic carbocycles. The minimum atomic E-state index is -0.451. The number of Topliss-reactive ketones (excluding diaryl/α,β-unsaturated/α-hetero) is 1. The molecule has 0 fully saturated rings. The van der Waals surface area contributed by atoms with E-state index in [9.17, 15) is 4.79 Å². The van der Waals surface area contributed by atoms with Crippen LogP contribution in [0, 0.1) is 6.92 Å². The van der Waals surface area contributed by atoms with Gasteiger partial charge in [-0.1, -0.05) is 60.7 Å². The summed E-state index contributed by atoms with van der Waals surface area (Å²) in [5.41, 5.74) is 2.53. The summed E-state index contributed by atoms with van der Waals surface area (Å²) in [6, 6.07) is 20.6. The van der Waals surface area contributed by atoms with Crippen molar-refractivity contribution in [1.82, 2.24) is 9.78 Å². The fourth-order valence-electron chi connectivity index (χ4n) is 2.61. The van der Waals surface area contributed by atoms with Gasteiger partial charge in [0.25, 0.3) is 0 Å². The zero-order chi connectivity index (χ0) is 16.2. The lowest BCUT2D eigenvalue weighted by Gasteiger charge is -2.19. The predicted molar refractivity (Wildman–Crippen MR) is 91.5 cm³/mol. The molecule has 0 radical (unpaired) electrons. The fraction of sp³-hybridized carbons (Fsp3) is 0.158. The average Bonchev–Trinajstić information content (AvgIpc) is 2.91. The Morgan fingerprint density at radius 1 is 1.04 bits per heavy atom. The van der Waals surface area contributed by atoms with E-state index < -0.39 is 6.04 Å². The summed E-state index contributed by atoms with van der Waals surface area (Å²) in [4.78, 5) is 13.0. The second-order valence-electron chi connectivity index (χ2n) is 5.51. The van der Waals surface area contributed by atoms with Gasteiger partial charge in [-0.05, 0) is 12.5 Å². The van der Waals surface area contributed by atoms with Gasteiger partial charge in [-0.3, -0.25) is 9.48 Å². The zero-order valence-electron chi connectivity index (χ0n) is 13.2. The van der Waals surface area contributed by atoms with Crippen LogP contribution in [0.3, 0.4) is 0 Å². The lowest BCUT2D eigenvalue weighted by molar-refractivity contribution is 0.0969. The van der Waals surface area contributed by atoms with Gasteiger partial charge in [0, 0.05) is 18.7 Å². The van der Waals surface area contributed by atoms with E-state index in [1.807, 2.05) is 80.7 Å². The van der Waals surface area contributed by atoms with Gasteiger partial charge in [-0.25, -0.2) is 0 Å². The standard InChI is InChI=1S/C19H19N3O/c1-14-13-17(22(2)21-14)20-18(15-9-5-3-6-10-15)19(23)16-11-7-4-8-12-16/h3-13,18,20H,1-2H3. The Morgan fingerprint density at radius 2 is 1.65 bits per heavy atom. The van der Waals surface area contributed by atoms with E-state index >= 15 is 0 Å². The highest BCUT2D eigenvalue weighted by Crippen LogP contribution is 2.24. The molecule has 1 unspecified atom stereocenters. The van der Waals surface area contributed by atoms with E-state index in [0.29, 0.717) is 5.56 Å². The molecule has 1 aromatic heterocycles. The van der Waals surface area contributed by atoms with Gasteiger partial charge in [0.2, 0.25) is 0 Å². The molecule has 0 saturated heterocycles. The molecule has 23 heavy (non-hydrogen) atoms. The van der Waals surface area contributed by atoms with Gasteiger partial charge in [-0.2, -0.15) is 5.10 Å². The van der Waals surface area contributed by atoms with Crippen LogP contribution in [0.25, 0.3) is 0 Å². The van der Waals surface area contributed by atoms with E-state index in [-0.39, 0.29) is 5.78 Å². The highest BCUT2D eigenvalue weighted by molar-refractivity contribution is 6.02. The summed E-state index contributed by atoms with van der Waals surface area (Å²) < 4.78 is 1.75. The molecule has 4 nitrogen and oxygen atoms in total. The van der Waals surface area contributed by atoms with Crippen molar-refractivity contribution in [2.24, 2.45) is 7.05 Å². The van der Waals surface area contributed by atoms with Gasteiger partial charge >= 0.3 is 0 Å². The second-order valence-corrected chi connectivity index (χ2v) is 5.51. The van der Waals surface area contributed by atoms with Crippen LogP contribution in [0.2, 0.25) is 0 Å². The van der Waals surface area contributed by atoms with Crippen LogP contribution < -0.4 is 5.32 Å². The molecule has 1 N–H and O–H groups in total. The second kappa shape index (κ2) is 6.48. The van der Waals surface area contributed by atoms with Crippen molar-refractivity contribution < 1.29 is 4.79 Å². The van der Waals surface area contributed by atoms with Gasteiger partial charge in [0.1, 0.15) is 11.9 Å². The Balaban J connectivity index is 1.97. The minimum absolute atomic E-state index is 0.0376. The van der Waals surface area contributed by atoms with E-state index in [1.165, 1.54) is 0 Å². The molecule has 0 aliphatic heterocycles. The van der Waals surface area contributed by atoms with E-state index in [2.05, 4.69) is 10.4 Å². The van der Waals surface area contributed by atoms with Crippen molar-refractivity contribution in [2.45, 2.75) is 13.0 Å². The van der Waals surface area contributed by atoms with Crippen molar-refractivity contribution in [3.05, 3.63) is 83.6 Å². The first-order valence-corrected chi connectivity index (χ1v) is 7.56. The molecule has 3 rings (SSSR count). The molecule has 0 spiro atoms. The number of ketones is 1. The highest BCUT2D eigenvalue weighted by atomic mass is 16.1. The highest BCUT2D eigenvalue weighted by Gasteiger charge is 2.22. The van der Waals surface area contributed by atoms with Crippen LogP contribution in [0.4, 0.5) is 5.82 Å². The number of carbonyl (C=O) groups excluding carboxylic acids is 1. The third-order valence-electron chi connectivity index (χ3n) is 3.75. The maximum Gasteiger partial charge on any atom is 0.189 e. The Morgan fingerprint density at radius 3 is 2.22 bits per heavy atom. The third-order valence-corrected chi connectivity index (χ3v) is 3.75. The summed E-state index contributed by atoms with van der Waals surface area (Å²) in [6.45, 7) is 1.93. The number of hydrogen-bond donors (Lipinski definition) is 1. The quantitative estimate of drug-likeness (QED) is 0.730. The smallest absolute Gasteiger partial charge is 0.189 e. The van der Waals surface area contributed by atoms with E-state index in [4.69, 9.17) is 0 Å². The van der Waals surface area contributed by atoms with Crippen LogP contribution in [-0.2, 0) is 7.05 Å². The van der Waals surface area contributed by atoms with Crippen molar-refractivity contribution in [1.29, 1.82) is 0 Å². The Kier molecular flexibility index (Phi) is 4.24. The molecule has 0 amide bonds. The molecular formula is C19H19N3O. The monoisotopic (exact) mass is 305 g/mol. The average molecular weight is 305 g/mol. The number of nitrogens with zero attached hydrogens (tertiary/aromatic N) is 2. The SMILES string of the molecule is Cc1cc(NC(C(=O)c2ccccc2)c2ccccc2)n(C)n1. The van der Waals surface area contributed by atoms with Crippen molar-refractivity contribution in [2.75, 3.05) is 5.32 Å². The summed E-state index contributed by atoms with van der Waals surface area (Å²) in [5, 5.41) is 7.67. The lowest BCUT2D eigenvalue weighted by atomic mass is 9.97. The predicted octanol–water partition coefficient (Wildman–Crippen LogP) is 3.76. The molecule has 1 atom stereocenters. The Bertz CT molecular complexity index is 794. The van der Waals surface area contributed by atoms with Gasteiger partial charge in [0.05, 0.1) is 5.69 Å². The van der Waals surface area contributed by atoms with Gasteiger partial charge in [-0.15, -0.1) is 0 Å². The largest absolute Gasteiger partial charge is 0.356 e. The van der Waals surface area contributed by atoms with Crippen LogP contribution in [0.5, 0.6) is 0 Å². The molecule has 3 aromatic rings.